The molecule has 0 fully saturated rings. The van der Waals surface area contributed by atoms with Crippen LogP contribution >= 0.6 is 15.9 Å². The summed E-state index contributed by atoms with van der Waals surface area (Å²) in [7, 11) is 0. The number of benzene rings is 1. The minimum Gasteiger partial charge on any atom is -0.252 e. The fraction of sp³-hybridized carbons (Fsp3) is 0.438. The van der Waals surface area contributed by atoms with E-state index in [0.717, 1.165) is 16.5 Å². The molecule has 0 aliphatic rings. The number of nitrogens with zero attached hydrogens (tertiary/aromatic N) is 1. The van der Waals surface area contributed by atoms with Gasteiger partial charge in [-0.1, -0.05) is 48.8 Å². The van der Waals surface area contributed by atoms with E-state index in [1.54, 1.807) is 0 Å². The Morgan fingerprint density at radius 1 is 1.17 bits per heavy atom. The van der Waals surface area contributed by atoms with E-state index in [2.05, 4.69) is 68.7 Å². The lowest BCUT2D eigenvalue weighted by atomic mass is 9.89. The van der Waals surface area contributed by atoms with E-state index in [-0.39, 0.29) is 5.41 Å². The van der Waals surface area contributed by atoms with Crippen LogP contribution in [0.5, 0.6) is 0 Å². The Bertz CT molecular complexity index is 594. The predicted octanol–water partition coefficient (Wildman–Crippen LogP) is 5.04. The number of rotatable bonds is 1. The van der Waals surface area contributed by atoms with E-state index in [0.29, 0.717) is 0 Å². The Morgan fingerprint density at radius 3 is 2.39 bits per heavy atom. The summed E-state index contributed by atoms with van der Waals surface area (Å²) in [5.74, 6) is 0. The van der Waals surface area contributed by atoms with Gasteiger partial charge in [0.25, 0.3) is 0 Å². The SMILES string of the molecule is Cc1ccc2c(CBr)cc(C(C)(C)C)nc2c1C. The zero-order valence-electron chi connectivity index (χ0n) is 11.8. The second-order valence-corrected chi connectivity index (χ2v) is 6.51. The largest absolute Gasteiger partial charge is 0.252 e. The fourth-order valence-electron chi connectivity index (χ4n) is 2.09. The summed E-state index contributed by atoms with van der Waals surface area (Å²) in [6, 6.07) is 6.60. The van der Waals surface area contributed by atoms with Crippen LogP contribution in [0.15, 0.2) is 18.2 Å². The van der Waals surface area contributed by atoms with Crippen molar-refractivity contribution < 1.29 is 0 Å². The number of hydrogen-bond donors (Lipinski definition) is 0. The summed E-state index contributed by atoms with van der Waals surface area (Å²) in [6.45, 7) is 10.9. The summed E-state index contributed by atoms with van der Waals surface area (Å²) in [5, 5.41) is 2.14. The minimum atomic E-state index is 0.0846. The number of alkyl halides is 1. The van der Waals surface area contributed by atoms with E-state index >= 15 is 0 Å². The van der Waals surface area contributed by atoms with Gasteiger partial charge in [0.05, 0.1) is 5.52 Å². The van der Waals surface area contributed by atoms with Gasteiger partial charge in [0.2, 0.25) is 0 Å². The van der Waals surface area contributed by atoms with Crippen LogP contribution in [0.25, 0.3) is 10.9 Å². The Kier molecular flexibility index (Phi) is 3.50. The van der Waals surface area contributed by atoms with Gasteiger partial charge in [0, 0.05) is 21.8 Å². The molecule has 0 aliphatic heterocycles. The number of fused-ring (bicyclic) bond motifs is 1. The minimum absolute atomic E-state index is 0.0846. The molecule has 1 aromatic carbocycles. The standard InChI is InChI=1S/C16H20BrN/c1-10-6-7-13-12(9-17)8-14(16(3,4)5)18-15(13)11(10)2/h6-8H,9H2,1-5H3. The van der Waals surface area contributed by atoms with Crippen molar-refractivity contribution in [2.75, 3.05) is 0 Å². The number of aryl methyl sites for hydroxylation is 2. The summed E-state index contributed by atoms with van der Waals surface area (Å²) in [5.41, 5.74) is 6.33. The highest BCUT2D eigenvalue weighted by Crippen LogP contribution is 2.29. The van der Waals surface area contributed by atoms with Gasteiger partial charge in [0.1, 0.15) is 0 Å². The monoisotopic (exact) mass is 305 g/mol. The number of aromatic nitrogens is 1. The molecule has 96 valence electrons. The van der Waals surface area contributed by atoms with Crippen molar-refractivity contribution >= 4 is 26.8 Å². The molecule has 0 amide bonds. The van der Waals surface area contributed by atoms with Crippen LogP contribution in [0.1, 0.15) is 43.2 Å². The number of halogens is 1. The van der Waals surface area contributed by atoms with E-state index in [1.165, 1.54) is 22.1 Å². The molecule has 0 aliphatic carbocycles. The third-order valence-corrected chi connectivity index (χ3v) is 4.11. The van der Waals surface area contributed by atoms with Gasteiger partial charge >= 0.3 is 0 Å². The first-order chi connectivity index (χ1) is 8.34. The highest BCUT2D eigenvalue weighted by molar-refractivity contribution is 9.08. The van der Waals surface area contributed by atoms with Crippen molar-refractivity contribution in [3.8, 4) is 0 Å². The highest BCUT2D eigenvalue weighted by Gasteiger charge is 2.18. The van der Waals surface area contributed by atoms with E-state index in [4.69, 9.17) is 4.98 Å². The molecule has 0 saturated heterocycles. The van der Waals surface area contributed by atoms with Gasteiger partial charge in [-0.05, 0) is 36.6 Å². The van der Waals surface area contributed by atoms with Crippen LogP contribution in [0.3, 0.4) is 0 Å². The van der Waals surface area contributed by atoms with Crippen molar-refractivity contribution in [1.29, 1.82) is 0 Å². The zero-order valence-corrected chi connectivity index (χ0v) is 13.4. The molecule has 2 aromatic rings. The van der Waals surface area contributed by atoms with E-state index < -0.39 is 0 Å². The first-order valence-corrected chi connectivity index (χ1v) is 7.43. The van der Waals surface area contributed by atoms with Crippen LogP contribution in [0.4, 0.5) is 0 Å². The normalized spacial score (nSPS) is 12.1. The van der Waals surface area contributed by atoms with Gasteiger partial charge in [-0.3, -0.25) is 4.98 Å². The average molecular weight is 306 g/mol. The lowest BCUT2D eigenvalue weighted by Crippen LogP contribution is -2.14. The summed E-state index contributed by atoms with van der Waals surface area (Å²) in [4.78, 5) is 4.89. The van der Waals surface area contributed by atoms with Crippen molar-refractivity contribution in [2.24, 2.45) is 0 Å². The molecule has 0 unspecified atom stereocenters. The van der Waals surface area contributed by atoms with Crippen molar-refractivity contribution in [2.45, 2.75) is 45.4 Å². The molecule has 0 bridgehead atoms. The van der Waals surface area contributed by atoms with Gasteiger partial charge < -0.3 is 0 Å². The van der Waals surface area contributed by atoms with Gasteiger partial charge in [-0.2, -0.15) is 0 Å². The van der Waals surface area contributed by atoms with Gasteiger partial charge in [0.15, 0.2) is 0 Å². The highest BCUT2D eigenvalue weighted by atomic mass is 79.9. The molecule has 0 atom stereocenters. The van der Waals surface area contributed by atoms with Crippen LogP contribution in [0.2, 0.25) is 0 Å². The molecule has 0 N–H and O–H groups in total. The maximum absolute atomic E-state index is 4.89. The first kappa shape index (κ1) is 13.5. The third-order valence-electron chi connectivity index (χ3n) is 3.50. The first-order valence-electron chi connectivity index (χ1n) is 6.31. The van der Waals surface area contributed by atoms with Gasteiger partial charge in [-0.15, -0.1) is 0 Å². The quantitative estimate of drug-likeness (QED) is 0.672. The lowest BCUT2D eigenvalue weighted by Gasteiger charge is -2.20. The fourth-order valence-corrected chi connectivity index (χ4v) is 2.56. The molecule has 1 aromatic heterocycles. The van der Waals surface area contributed by atoms with Crippen LogP contribution in [-0.2, 0) is 10.7 Å². The molecule has 0 spiro atoms. The molecule has 2 rings (SSSR count). The van der Waals surface area contributed by atoms with Gasteiger partial charge in [-0.25, -0.2) is 0 Å². The second-order valence-electron chi connectivity index (χ2n) is 5.95. The maximum Gasteiger partial charge on any atom is 0.0740 e. The van der Waals surface area contributed by atoms with Crippen molar-refractivity contribution in [1.82, 2.24) is 4.98 Å². The van der Waals surface area contributed by atoms with Crippen LogP contribution in [-0.4, -0.2) is 4.98 Å². The second kappa shape index (κ2) is 4.65. The predicted molar refractivity (Wildman–Crippen MR) is 82.5 cm³/mol. The molecule has 1 heterocycles. The Labute approximate surface area is 118 Å². The Balaban J connectivity index is 2.85. The summed E-state index contributed by atoms with van der Waals surface area (Å²) in [6.07, 6.45) is 0. The van der Waals surface area contributed by atoms with E-state index in [9.17, 15) is 0 Å². The molecule has 2 heteroatoms. The lowest BCUT2D eigenvalue weighted by molar-refractivity contribution is 0.571. The van der Waals surface area contributed by atoms with Crippen LogP contribution < -0.4 is 0 Å². The maximum atomic E-state index is 4.89. The smallest absolute Gasteiger partial charge is 0.0740 e. The zero-order chi connectivity index (χ0) is 13.5. The van der Waals surface area contributed by atoms with Crippen molar-refractivity contribution in [3.05, 3.63) is 40.6 Å². The molecule has 1 nitrogen and oxygen atoms in total. The molecule has 18 heavy (non-hydrogen) atoms. The number of pyridine rings is 1. The topological polar surface area (TPSA) is 12.9 Å². The Hall–Kier alpha value is -0.890. The van der Waals surface area contributed by atoms with Crippen LogP contribution in [0, 0.1) is 13.8 Å². The Morgan fingerprint density at radius 2 is 1.83 bits per heavy atom. The summed E-state index contributed by atoms with van der Waals surface area (Å²) < 4.78 is 0. The number of hydrogen-bond acceptors (Lipinski definition) is 1. The molecular formula is C16H20BrN. The van der Waals surface area contributed by atoms with E-state index in [1.807, 2.05) is 0 Å². The average Bonchev–Trinajstić information content (AvgIpc) is 2.31. The molecule has 0 radical (unpaired) electrons. The third kappa shape index (κ3) is 2.31. The summed E-state index contributed by atoms with van der Waals surface area (Å²) >= 11 is 3.59. The van der Waals surface area contributed by atoms with Crippen molar-refractivity contribution in [3.63, 3.8) is 0 Å². The molecular weight excluding hydrogens is 286 g/mol. The molecule has 0 saturated carbocycles.